The molecule has 0 N–H and O–H groups in total. The maximum absolute atomic E-state index is 12.4. The fraction of sp³-hybridized carbons (Fsp3) is 0.818. The predicted octanol–water partition coefficient (Wildman–Crippen LogP) is 9.68. The lowest BCUT2D eigenvalue weighted by Crippen LogP contribution is -2.27. The Kier molecular flexibility index (Phi) is 11.0. The molecule has 0 saturated heterocycles. The average Bonchev–Trinajstić information content (AvgIpc) is 2.92. The Hall–Kier alpha value is -0.890. The lowest BCUT2D eigenvalue weighted by atomic mass is 9.67. The first-order valence-electron chi connectivity index (χ1n) is 15.4. The third-order valence-electron chi connectivity index (χ3n) is 10.3. The Balaban J connectivity index is 1.10. The van der Waals surface area contributed by atoms with E-state index < -0.39 is 0 Å². The van der Waals surface area contributed by atoms with Gasteiger partial charge in [-0.15, -0.1) is 0 Å². The molecule has 198 valence electrons. The standard InChI is InChI=1S/C33H53FO/c1-3-35-25(2)29-14-8-27(9-15-29)6-7-28-12-18-31(19-13-28)33-22-20-32(21-23-33)30-16-10-26(11-17-30)5-4-24-34/h10-11,16-17,25,27-29,31-33H,3-9,12-15,18-24H2,1-2H3. The van der Waals surface area contributed by atoms with Gasteiger partial charge in [0.2, 0.25) is 0 Å². The first kappa shape index (κ1) is 27.2. The summed E-state index contributed by atoms with van der Waals surface area (Å²) in [6.07, 6.45) is 22.3. The Labute approximate surface area is 216 Å². The molecule has 0 aromatic heterocycles. The summed E-state index contributed by atoms with van der Waals surface area (Å²) in [4.78, 5) is 0. The Morgan fingerprint density at radius 3 is 1.86 bits per heavy atom. The number of rotatable bonds is 11. The van der Waals surface area contributed by atoms with Crippen LogP contribution in [0.2, 0.25) is 0 Å². The number of alkyl halides is 1. The van der Waals surface area contributed by atoms with Gasteiger partial charge in [-0.3, -0.25) is 4.39 Å². The van der Waals surface area contributed by atoms with Crippen LogP contribution in [0.5, 0.6) is 0 Å². The lowest BCUT2D eigenvalue weighted by molar-refractivity contribution is 0.0136. The molecule has 2 heteroatoms. The topological polar surface area (TPSA) is 9.23 Å². The van der Waals surface area contributed by atoms with Crippen molar-refractivity contribution < 1.29 is 9.13 Å². The summed E-state index contributed by atoms with van der Waals surface area (Å²) in [6, 6.07) is 9.14. The minimum absolute atomic E-state index is 0.205. The van der Waals surface area contributed by atoms with E-state index in [1.165, 1.54) is 101 Å². The fourth-order valence-corrected chi connectivity index (χ4v) is 7.92. The van der Waals surface area contributed by atoms with Crippen LogP contribution in [0.3, 0.4) is 0 Å². The molecule has 35 heavy (non-hydrogen) atoms. The number of aryl methyl sites for hydroxylation is 1. The van der Waals surface area contributed by atoms with E-state index in [9.17, 15) is 4.39 Å². The second-order valence-corrected chi connectivity index (χ2v) is 12.4. The van der Waals surface area contributed by atoms with Crippen LogP contribution in [0.15, 0.2) is 24.3 Å². The average molecular weight is 485 g/mol. The minimum atomic E-state index is -0.205. The van der Waals surface area contributed by atoms with Crippen LogP contribution in [0.1, 0.15) is 127 Å². The van der Waals surface area contributed by atoms with Crippen molar-refractivity contribution in [1.82, 2.24) is 0 Å². The highest BCUT2D eigenvalue weighted by Gasteiger charge is 2.32. The molecule has 3 aliphatic rings. The van der Waals surface area contributed by atoms with Gasteiger partial charge in [0.05, 0.1) is 12.8 Å². The first-order chi connectivity index (χ1) is 17.2. The summed E-state index contributed by atoms with van der Waals surface area (Å²) in [5, 5.41) is 0. The van der Waals surface area contributed by atoms with Crippen LogP contribution >= 0.6 is 0 Å². The van der Waals surface area contributed by atoms with E-state index in [1.807, 2.05) is 0 Å². The van der Waals surface area contributed by atoms with E-state index in [4.69, 9.17) is 4.74 Å². The van der Waals surface area contributed by atoms with E-state index in [0.717, 1.165) is 48.5 Å². The monoisotopic (exact) mass is 484 g/mol. The molecule has 4 rings (SSSR count). The number of ether oxygens (including phenoxy) is 1. The zero-order valence-electron chi connectivity index (χ0n) is 22.9. The number of benzene rings is 1. The molecule has 0 spiro atoms. The summed E-state index contributed by atoms with van der Waals surface area (Å²) in [6.45, 7) is 5.07. The van der Waals surface area contributed by atoms with Crippen LogP contribution in [-0.2, 0) is 11.2 Å². The van der Waals surface area contributed by atoms with E-state index in [2.05, 4.69) is 38.1 Å². The molecule has 1 unspecified atom stereocenters. The number of halogens is 1. The molecule has 3 aliphatic carbocycles. The molecule has 1 aromatic rings. The smallest absolute Gasteiger partial charge is 0.0897 e. The first-order valence-corrected chi connectivity index (χ1v) is 15.4. The third kappa shape index (κ3) is 8.05. The highest BCUT2D eigenvalue weighted by molar-refractivity contribution is 5.26. The zero-order valence-corrected chi connectivity index (χ0v) is 22.9. The van der Waals surface area contributed by atoms with E-state index in [-0.39, 0.29) is 6.67 Å². The third-order valence-corrected chi connectivity index (χ3v) is 10.3. The van der Waals surface area contributed by atoms with Crippen molar-refractivity contribution in [3.05, 3.63) is 35.4 Å². The van der Waals surface area contributed by atoms with Crippen molar-refractivity contribution in [3.63, 3.8) is 0 Å². The van der Waals surface area contributed by atoms with E-state index in [1.54, 1.807) is 0 Å². The molecule has 0 amide bonds. The fourth-order valence-electron chi connectivity index (χ4n) is 7.92. The van der Waals surface area contributed by atoms with Gasteiger partial charge in [-0.1, -0.05) is 62.8 Å². The van der Waals surface area contributed by atoms with E-state index >= 15 is 0 Å². The molecular formula is C33H53FO. The number of hydrogen-bond acceptors (Lipinski definition) is 1. The summed E-state index contributed by atoms with van der Waals surface area (Å²) < 4.78 is 18.3. The molecule has 1 nitrogen and oxygen atoms in total. The van der Waals surface area contributed by atoms with Crippen molar-refractivity contribution in [3.8, 4) is 0 Å². The molecule has 0 radical (unpaired) electrons. The minimum Gasteiger partial charge on any atom is -0.379 e. The second kappa shape index (κ2) is 14.2. The predicted molar refractivity (Wildman–Crippen MR) is 147 cm³/mol. The quantitative estimate of drug-likeness (QED) is 0.304. The van der Waals surface area contributed by atoms with Gasteiger partial charge >= 0.3 is 0 Å². The van der Waals surface area contributed by atoms with Gasteiger partial charge in [0, 0.05) is 6.61 Å². The van der Waals surface area contributed by atoms with Gasteiger partial charge in [0.25, 0.3) is 0 Å². The largest absolute Gasteiger partial charge is 0.379 e. The maximum Gasteiger partial charge on any atom is 0.0897 e. The van der Waals surface area contributed by atoms with Crippen LogP contribution in [0.4, 0.5) is 4.39 Å². The molecule has 1 aromatic carbocycles. The lowest BCUT2D eigenvalue weighted by Gasteiger charge is -2.38. The summed E-state index contributed by atoms with van der Waals surface area (Å²) in [7, 11) is 0. The van der Waals surface area contributed by atoms with Crippen LogP contribution < -0.4 is 0 Å². The van der Waals surface area contributed by atoms with Crippen LogP contribution in [-0.4, -0.2) is 19.4 Å². The SMILES string of the molecule is CCOC(C)C1CCC(CCC2CCC(C3CCC(c4ccc(CCCF)cc4)CC3)CC2)CC1. The van der Waals surface area contributed by atoms with Crippen LogP contribution in [0, 0.1) is 29.6 Å². The summed E-state index contributed by atoms with van der Waals surface area (Å²) in [5.74, 6) is 5.56. The van der Waals surface area contributed by atoms with Crippen molar-refractivity contribution in [2.75, 3.05) is 13.3 Å². The van der Waals surface area contributed by atoms with Crippen molar-refractivity contribution in [2.24, 2.45) is 29.6 Å². The Morgan fingerprint density at radius 2 is 1.31 bits per heavy atom. The van der Waals surface area contributed by atoms with Crippen LogP contribution in [0.25, 0.3) is 0 Å². The van der Waals surface area contributed by atoms with Crippen molar-refractivity contribution in [2.45, 2.75) is 129 Å². The second-order valence-electron chi connectivity index (χ2n) is 12.4. The molecule has 0 heterocycles. The van der Waals surface area contributed by atoms with Crippen molar-refractivity contribution in [1.29, 1.82) is 0 Å². The van der Waals surface area contributed by atoms with Gasteiger partial charge in [-0.25, -0.2) is 0 Å². The normalized spacial score (nSPS) is 32.9. The van der Waals surface area contributed by atoms with Gasteiger partial charge in [0.15, 0.2) is 0 Å². The van der Waals surface area contributed by atoms with Gasteiger partial charge in [-0.05, 0) is 125 Å². The summed E-state index contributed by atoms with van der Waals surface area (Å²) >= 11 is 0. The molecule has 0 aliphatic heterocycles. The molecular weight excluding hydrogens is 431 g/mol. The van der Waals surface area contributed by atoms with Gasteiger partial charge in [-0.2, -0.15) is 0 Å². The molecule has 3 fully saturated rings. The van der Waals surface area contributed by atoms with Crippen molar-refractivity contribution >= 4 is 0 Å². The van der Waals surface area contributed by atoms with Gasteiger partial charge in [0.1, 0.15) is 0 Å². The Morgan fingerprint density at radius 1 is 0.771 bits per heavy atom. The molecule has 3 saturated carbocycles. The number of hydrogen-bond donors (Lipinski definition) is 0. The zero-order chi connectivity index (χ0) is 24.5. The Bertz CT molecular complexity index is 690. The maximum atomic E-state index is 12.4. The van der Waals surface area contributed by atoms with E-state index in [0.29, 0.717) is 12.5 Å². The summed E-state index contributed by atoms with van der Waals surface area (Å²) in [5.41, 5.74) is 2.82. The highest BCUT2D eigenvalue weighted by atomic mass is 19.1. The molecule has 1 atom stereocenters. The molecule has 0 bridgehead atoms. The highest BCUT2D eigenvalue weighted by Crippen LogP contribution is 2.45. The van der Waals surface area contributed by atoms with Gasteiger partial charge < -0.3 is 4.74 Å².